The Balaban J connectivity index is 2.61. The Bertz CT molecular complexity index is 524. The number of benzene rings is 1. The molecule has 0 aromatic heterocycles. The summed E-state index contributed by atoms with van der Waals surface area (Å²) >= 11 is 0. The fourth-order valence-corrected chi connectivity index (χ4v) is 2.67. The molecule has 0 amide bonds. The molecule has 0 bridgehead atoms. The van der Waals surface area contributed by atoms with Crippen LogP contribution in [0, 0.1) is 0 Å². The van der Waals surface area contributed by atoms with Crippen molar-refractivity contribution in [3.05, 3.63) is 29.8 Å². The van der Waals surface area contributed by atoms with E-state index in [1.165, 1.54) is 31.4 Å². The smallest absolute Gasteiger partial charge is 0.337 e. The molecule has 0 aliphatic carbocycles. The van der Waals surface area contributed by atoms with Gasteiger partial charge < -0.3 is 9.84 Å². The highest BCUT2D eigenvalue weighted by molar-refractivity contribution is 7.89. The standard InChI is InChI=1S/C13H19NO5S/c1-19-13(16)11-5-7-12(8-6-11)20(17,18)14-9-3-2-4-10-15/h5-8,14-15H,2-4,9-10H2,1H3. The van der Waals surface area contributed by atoms with Crippen LogP contribution in [0.15, 0.2) is 29.2 Å². The average Bonchev–Trinajstić information content (AvgIpc) is 2.46. The number of unbranched alkanes of at least 4 members (excludes halogenated alkanes) is 2. The summed E-state index contributed by atoms with van der Waals surface area (Å²) in [6.45, 7) is 0.433. The number of aliphatic hydroxyl groups excluding tert-OH is 1. The van der Waals surface area contributed by atoms with Crippen molar-refractivity contribution >= 4 is 16.0 Å². The number of carbonyl (C=O) groups excluding carboxylic acids is 1. The van der Waals surface area contributed by atoms with E-state index in [4.69, 9.17) is 5.11 Å². The molecule has 0 atom stereocenters. The lowest BCUT2D eigenvalue weighted by molar-refractivity contribution is 0.0600. The van der Waals surface area contributed by atoms with Gasteiger partial charge in [-0.3, -0.25) is 0 Å². The van der Waals surface area contributed by atoms with Gasteiger partial charge >= 0.3 is 5.97 Å². The summed E-state index contributed by atoms with van der Waals surface area (Å²) in [5.74, 6) is -0.508. The first-order valence-electron chi connectivity index (χ1n) is 6.30. The highest BCUT2D eigenvalue weighted by atomic mass is 32.2. The van der Waals surface area contributed by atoms with Crippen LogP contribution in [-0.2, 0) is 14.8 Å². The number of hydrogen-bond acceptors (Lipinski definition) is 5. The minimum atomic E-state index is -3.56. The predicted molar refractivity (Wildman–Crippen MR) is 73.9 cm³/mol. The highest BCUT2D eigenvalue weighted by Crippen LogP contribution is 2.11. The normalized spacial score (nSPS) is 11.3. The van der Waals surface area contributed by atoms with Gasteiger partial charge in [-0.15, -0.1) is 0 Å². The van der Waals surface area contributed by atoms with Crippen molar-refractivity contribution in [2.24, 2.45) is 0 Å². The van der Waals surface area contributed by atoms with Crippen LogP contribution in [0.2, 0.25) is 0 Å². The SMILES string of the molecule is COC(=O)c1ccc(S(=O)(=O)NCCCCCO)cc1. The van der Waals surface area contributed by atoms with Crippen molar-refractivity contribution in [1.29, 1.82) is 0 Å². The Morgan fingerprint density at radius 2 is 1.85 bits per heavy atom. The number of hydrogen-bond donors (Lipinski definition) is 2. The first kappa shape index (κ1) is 16.6. The fraction of sp³-hybridized carbons (Fsp3) is 0.462. The lowest BCUT2D eigenvalue weighted by atomic mass is 10.2. The number of ether oxygens (including phenoxy) is 1. The molecule has 1 aromatic rings. The van der Waals surface area contributed by atoms with Gasteiger partial charge in [0.25, 0.3) is 0 Å². The number of methoxy groups -OCH3 is 1. The Morgan fingerprint density at radius 3 is 2.40 bits per heavy atom. The van der Waals surface area contributed by atoms with Crippen LogP contribution in [0.4, 0.5) is 0 Å². The number of carbonyl (C=O) groups is 1. The van der Waals surface area contributed by atoms with Gasteiger partial charge in [0.2, 0.25) is 10.0 Å². The molecule has 2 N–H and O–H groups in total. The quantitative estimate of drug-likeness (QED) is 0.550. The third kappa shape index (κ3) is 4.92. The van der Waals surface area contributed by atoms with Crippen molar-refractivity contribution in [1.82, 2.24) is 4.72 Å². The number of nitrogens with one attached hydrogen (secondary N) is 1. The first-order chi connectivity index (χ1) is 9.51. The van der Waals surface area contributed by atoms with Gasteiger partial charge in [0.05, 0.1) is 17.6 Å². The fourth-order valence-electron chi connectivity index (χ4n) is 1.59. The number of aliphatic hydroxyl groups is 1. The van der Waals surface area contributed by atoms with E-state index in [1.807, 2.05) is 0 Å². The van der Waals surface area contributed by atoms with Gasteiger partial charge in [-0.2, -0.15) is 0 Å². The van der Waals surface area contributed by atoms with Crippen LogP contribution in [0.5, 0.6) is 0 Å². The topological polar surface area (TPSA) is 92.7 Å². The van der Waals surface area contributed by atoms with Gasteiger partial charge in [-0.25, -0.2) is 17.9 Å². The van der Waals surface area contributed by atoms with Crippen LogP contribution in [0.1, 0.15) is 29.6 Å². The van der Waals surface area contributed by atoms with E-state index in [-0.39, 0.29) is 11.5 Å². The van der Waals surface area contributed by atoms with Crippen LogP contribution < -0.4 is 4.72 Å². The lowest BCUT2D eigenvalue weighted by Gasteiger charge is -2.07. The Labute approximate surface area is 118 Å². The van der Waals surface area contributed by atoms with Crippen LogP contribution in [-0.4, -0.2) is 39.8 Å². The van der Waals surface area contributed by atoms with E-state index < -0.39 is 16.0 Å². The average molecular weight is 301 g/mol. The summed E-state index contributed by atoms with van der Waals surface area (Å²) in [6.07, 6.45) is 2.09. The maximum absolute atomic E-state index is 11.9. The molecule has 0 saturated heterocycles. The van der Waals surface area contributed by atoms with Gasteiger partial charge in [0.15, 0.2) is 0 Å². The number of rotatable bonds is 8. The van der Waals surface area contributed by atoms with Crippen molar-refractivity contribution < 1.29 is 23.1 Å². The molecule has 7 heteroatoms. The summed E-state index contributed by atoms with van der Waals surface area (Å²) < 4.78 is 30.9. The molecule has 0 radical (unpaired) electrons. The Morgan fingerprint density at radius 1 is 1.20 bits per heavy atom. The molecule has 0 spiro atoms. The van der Waals surface area contributed by atoms with E-state index in [0.29, 0.717) is 24.9 Å². The molecule has 6 nitrogen and oxygen atoms in total. The summed E-state index contributed by atoms with van der Waals surface area (Å²) in [5.41, 5.74) is 0.300. The molecule has 0 fully saturated rings. The van der Waals surface area contributed by atoms with E-state index >= 15 is 0 Å². The molecule has 1 aromatic carbocycles. The van der Waals surface area contributed by atoms with Crippen molar-refractivity contribution in [2.45, 2.75) is 24.2 Å². The predicted octanol–water partition coefficient (Wildman–Crippen LogP) is 0.914. The molecule has 0 aliphatic rings. The van der Waals surface area contributed by atoms with E-state index in [2.05, 4.69) is 9.46 Å². The second kappa shape index (κ2) is 7.98. The van der Waals surface area contributed by atoms with E-state index in [0.717, 1.165) is 6.42 Å². The third-order valence-electron chi connectivity index (χ3n) is 2.71. The molecule has 0 aliphatic heterocycles. The van der Waals surface area contributed by atoms with Gasteiger partial charge in [0.1, 0.15) is 0 Å². The first-order valence-corrected chi connectivity index (χ1v) is 7.78. The monoisotopic (exact) mass is 301 g/mol. The second-order valence-corrected chi connectivity index (χ2v) is 5.96. The molecular formula is C13H19NO5S. The summed E-state index contributed by atoms with van der Waals surface area (Å²) in [5, 5.41) is 8.62. The summed E-state index contributed by atoms with van der Waals surface area (Å²) in [7, 11) is -2.30. The maximum atomic E-state index is 11.9. The van der Waals surface area contributed by atoms with Crippen molar-refractivity contribution in [3.8, 4) is 0 Å². The molecule has 0 unspecified atom stereocenters. The molecular weight excluding hydrogens is 282 g/mol. The van der Waals surface area contributed by atoms with Crippen LogP contribution in [0.25, 0.3) is 0 Å². The van der Waals surface area contributed by atoms with Gasteiger partial charge in [-0.1, -0.05) is 0 Å². The molecule has 112 valence electrons. The second-order valence-electron chi connectivity index (χ2n) is 4.20. The van der Waals surface area contributed by atoms with Crippen molar-refractivity contribution in [3.63, 3.8) is 0 Å². The number of sulfonamides is 1. The molecule has 0 heterocycles. The zero-order valence-corrected chi connectivity index (χ0v) is 12.1. The zero-order chi connectivity index (χ0) is 15.0. The Hall–Kier alpha value is -1.44. The van der Waals surface area contributed by atoms with Crippen LogP contribution in [0.3, 0.4) is 0 Å². The molecule has 0 saturated carbocycles. The Kier molecular flexibility index (Phi) is 6.63. The van der Waals surface area contributed by atoms with Crippen molar-refractivity contribution in [2.75, 3.05) is 20.3 Å². The summed E-state index contributed by atoms with van der Waals surface area (Å²) in [4.78, 5) is 11.3. The zero-order valence-electron chi connectivity index (χ0n) is 11.3. The third-order valence-corrected chi connectivity index (χ3v) is 4.19. The number of esters is 1. The largest absolute Gasteiger partial charge is 0.465 e. The van der Waals surface area contributed by atoms with E-state index in [1.54, 1.807) is 0 Å². The minimum absolute atomic E-state index is 0.104. The summed E-state index contributed by atoms with van der Waals surface area (Å²) in [6, 6.07) is 5.54. The van der Waals surface area contributed by atoms with Gasteiger partial charge in [0, 0.05) is 13.2 Å². The molecule has 1 rings (SSSR count). The molecule has 20 heavy (non-hydrogen) atoms. The maximum Gasteiger partial charge on any atom is 0.337 e. The van der Waals surface area contributed by atoms with Crippen LogP contribution >= 0.6 is 0 Å². The highest BCUT2D eigenvalue weighted by Gasteiger charge is 2.14. The lowest BCUT2D eigenvalue weighted by Crippen LogP contribution is -2.24. The minimum Gasteiger partial charge on any atom is -0.465 e. The van der Waals surface area contributed by atoms with E-state index in [9.17, 15) is 13.2 Å². The van der Waals surface area contributed by atoms with Gasteiger partial charge in [-0.05, 0) is 43.5 Å².